The Kier molecular flexibility index (Phi) is 4.99. The smallest absolute Gasteiger partial charge is 0.223 e. The van der Waals surface area contributed by atoms with Crippen LogP contribution in [0.3, 0.4) is 0 Å². The summed E-state index contributed by atoms with van der Waals surface area (Å²) in [5, 5.41) is 3.10. The van der Waals surface area contributed by atoms with Gasteiger partial charge in [-0.2, -0.15) is 0 Å². The van der Waals surface area contributed by atoms with Crippen LogP contribution in [0.15, 0.2) is 28.7 Å². The molecule has 1 aromatic rings. The number of hydrogen-bond acceptors (Lipinski definition) is 2. The van der Waals surface area contributed by atoms with Crippen LogP contribution < -0.4 is 11.1 Å². The molecule has 1 fully saturated rings. The van der Waals surface area contributed by atoms with Gasteiger partial charge in [-0.3, -0.25) is 4.79 Å². The Morgan fingerprint density at radius 1 is 1.42 bits per heavy atom. The fraction of sp³-hybridized carbons (Fsp3) is 0.533. The molecule has 3 atom stereocenters. The Morgan fingerprint density at radius 3 is 2.68 bits per heavy atom. The van der Waals surface area contributed by atoms with E-state index in [1.807, 2.05) is 12.1 Å². The van der Waals surface area contributed by atoms with Gasteiger partial charge in [-0.25, -0.2) is 0 Å². The van der Waals surface area contributed by atoms with Gasteiger partial charge in [0.2, 0.25) is 5.91 Å². The number of hydrogen-bond donors (Lipinski definition) is 2. The Balaban J connectivity index is 1.82. The summed E-state index contributed by atoms with van der Waals surface area (Å²) in [6.45, 7) is 2.05. The van der Waals surface area contributed by atoms with Crippen LogP contribution in [-0.2, 0) is 11.2 Å². The Bertz CT molecular complexity index is 432. The summed E-state index contributed by atoms with van der Waals surface area (Å²) in [5.41, 5.74) is 7.08. The van der Waals surface area contributed by atoms with Gasteiger partial charge in [0.05, 0.1) is 0 Å². The number of amides is 1. The predicted octanol–water partition coefficient (Wildman–Crippen LogP) is 2.62. The molecule has 1 saturated carbocycles. The van der Waals surface area contributed by atoms with Crippen molar-refractivity contribution in [2.45, 2.75) is 44.7 Å². The van der Waals surface area contributed by atoms with Crippen LogP contribution in [-0.4, -0.2) is 18.0 Å². The topological polar surface area (TPSA) is 55.1 Å². The van der Waals surface area contributed by atoms with E-state index in [1.54, 1.807) is 0 Å². The van der Waals surface area contributed by atoms with E-state index in [9.17, 15) is 4.79 Å². The average Bonchev–Trinajstić information content (AvgIpc) is 2.79. The van der Waals surface area contributed by atoms with Crippen molar-refractivity contribution >= 4 is 21.8 Å². The molecule has 3 N–H and O–H groups in total. The zero-order valence-corrected chi connectivity index (χ0v) is 12.8. The minimum absolute atomic E-state index is 0.113. The van der Waals surface area contributed by atoms with Gasteiger partial charge in [0, 0.05) is 22.5 Å². The Labute approximate surface area is 123 Å². The van der Waals surface area contributed by atoms with Gasteiger partial charge in [-0.15, -0.1) is 0 Å². The van der Waals surface area contributed by atoms with Crippen molar-refractivity contribution in [3.8, 4) is 0 Å². The lowest BCUT2D eigenvalue weighted by atomic mass is 10.0. The fourth-order valence-electron chi connectivity index (χ4n) is 2.64. The maximum Gasteiger partial charge on any atom is 0.223 e. The van der Waals surface area contributed by atoms with Crippen molar-refractivity contribution < 1.29 is 4.79 Å². The molecule has 1 aromatic carbocycles. The second-order valence-corrected chi connectivity index (χ2v) is 6.43. The highest BCUT2D eigenvalue weighted by Gasteiger charge is 2.28. The summed E-state index contributed by atoms with van der Waals surface area (Å²) >= 11 is 3.42. The third kappa shape index (κ3) is 4.32. The molecule has 2 rings (SSSR count). The number of carbonyl (C=O) groups is 1. The maximum atomic E-state index is 12.1. The van der Waals surface area contributed by atoms with Gasteiger partial charge in [-0.05, 0) is 50.3 Å². The highest BCUT2D eigenvalue weighted by atomic mass is 79.9. The summed E-state index contributed by atoms with van der Waals surface area (Å²) in [4.78, 5) is 12.1. The standard InChI is InChI=1S/C15H21BrN2O/c1-10(8-11-2-5-13(16)6-3-11)18-15(19)12-4-7-14(17)9-12/h2-3,5-6,10,12,14H,4,7-9,17H2,1H3,(H,18,19). The highest BCUT2D eigenvalue weighted by Crippen LogP contribution is 2.24. The van der Waals surface area contributed by atoms with Crippen LogP contribution in [0.1, 0.15) is 31.7 Å². The molecule has 0 saturated heterocycles. The Hall–Kier alpha value is -0.870. The quantitative estimate of drug-likeness (QED) is 0.894. The molecule has 104 valence electrons. The van der Waals surface area contributed by atoms with Crippen molar-refractivity contribution in [2.75, 3.05) is 0 Å². The number of carbonyl (C=O) groups excluding carboxylic acids is 1. The summed E-state index contributed by atoms with van der Waals surface area (Å²) in [7, 11) is 0. The molecule has 0 bridgehead atoms. The lowest BCUT2D eigenvalue weighted by molar-refractivity contribution is -0.125. The lowest BCUT2D eigenvalue weighted by Crippen LogP contribution is -2.38. The van der Waals surface area contributed by atoms with E-state index in [0.29, 0.717) is 0 Å². The van der Waals surface area contributed by atoms with Gasteiger partial charge in [0.15, 0.2) is 0 Å². The van der Waals surface area contributed by atoms with Crippen molar-refractivity contribution in [1.82, 2.24) is 5.32 Å². The van der Waals surface area contributed by atoms with Gasteiger partial charge in [0.25, 0.3) is 0 Å². The third-order valence-corrected chi connectivity index (χ3v) is 4.22. The second-order valence-electron chi connectivity index (χ2n) is 5.51. The highest BCUT2D eigenvalue weighted by molar-refractivity contribution is 9.10. The minimum atomic E-state index is 0.113. The summed E-state index contributed by atoms with van der Waals surface area (Å²) < 4.78 is 1.08. The minimum Gasteiger partial charge on any atom is -0.353 e. The van der Waals surface area contributed by atoms with E-state index in [4.69, 9.17) is 5.73 Å². The summed E-state index contributed by atoms with van der Waals surface area (Å²) in [6, 6.07) is 8.58. The third-order valence-electron chi connectivity index (χ3n) is 3.69. The molecule has 3 unspecified atom stereocenters. The zero-order chi connectivity index (χ0) is 13.8. The largest absolute Gasteiger partial charge is 0.353 e. The number of nitrogens with one attached hydrogen (secondary N) is 1. The van der Waals surface area contributed by atoms with Crippen LogP contribution in [0.4, 0.5) is 0 Å². The summed E-state index contributed by atoms with van der Waals surface area (Å²) in [6.07, 6.45) is 3.59. The van der Waals surface area contributed by atoms with Crippen LogP contribution in [0.5, 0.6) is 0 Å². The molecular weight excluding hydrogens is 304 g/mol. The first kappa shape index (κ1) is 14.5. The normalized spacial score (nSPS) is 24.2. The molecule has 19 heavy (non-hydrogen) atoms. The van der Waals surface area contributed by atoms with Crippen molar-refractivity contribution in [1.29, 1.82) is 0 Å². The maximum absolute atomic E-state index is 12.1. The van der Waals surface area contributed by atoms with E-state index in [-0.39, 0.29) is 23.9 Å². The molecule has 1 amide bonds. The van der Waals surface area contributed by atoms with Crippen LogP contribution in [0.2, 0.25) is 0 Å². The van der Waals surface area contributed by atoms with Crippen molar-refractivity contribution in [3.05, 3.63) is 34.3 Å². The SMILES string of the molecule is CC(Cc1ccc(Br)cc1)NC(=O)C1CCC(N)C1. The average molecular weight is 325 g/mol. The van der Waals surface area contributed by atoms with E-state index >= 15 is 0 Å². The number of rotatable bonds is 4. The Morgan fingerprint density at radius 2 is 2.11 bits per heavy atom. The molecule has 0 radical (unpaired) electrons. The molecule has 1 aliphatic carbocycles. The van der Waals surface area contributed by atoms with Gasteiger partial charge >= 0.3 is 0 Å². The first-order valence-electron chi connectivity index (χ1n) is 6.85. The second kappa shape index (κ2) is 6.53. The molecule has 4 heteroatoms. The molecule has 3 nitrogen and oxygen atoms in total. The van der Waals surface area contributed by atoms with Gasteiger partial charge < -0.3 is 11.1 Å². The first-order valence-corrected chi connectivity index (χ1v) is 7.64. The van der Waals surface area contributed by atoms with Crippen LogP contribution in [0.25, 0.3) is 0 Å². The van der Waals surface area contributed by atoms with E-state index in [2.05, 4.69) is 40.3 Å². The molecular formula is C15H21BrN2O. The van der Waals surface area contributed by atoms with E-state index < -0.39 is 0 Å². The fourth-order valence-corrected chi connectivity index (χ4v) is 2.90. The van der Waals surface area contributed by atoms with Crippen LogP contribution in [0, 0.1) is 5.92 Å². The van der Waals surface area contributed by atoms with Gasteiger partial charge in [-0.1, -0.05) is 28.1 Å². The monoisotopic (exact) mass is 324 g/mol. The predicted molar refractivity (Wildman–Crippen MR) is 80.8 cm³/mol. The molecule has 0 heterocycles. The molecule has 0 spiro atoms. The first-order chi connectivity index (χ1) is 9.04. The number of nitrogens with two attached hydrogens (primary N) is 1. The molecule has 1 aliphatic rings. The van der Waals surface area contributed by atoms with Gasteiger partial charge in [0.1, 0.15) is 0 Å². The van der Waals surface area contributed by atoms with Crippen LogP contribution >= 0.6 is 15.9 Å². The lowest BCUT2D eigenvalue weighted by Gasteiger charge is -2.17. The van der Waals surface area contributed by atoms with Crippen molar-refractivity contribution in [3.63, 3.8) is 0 Å². The number of halogens is 1. The summed E-state index contributed by atoms with van der Waals surface area (Å²) in [5.74, 6) is 0.278. The van der Waals surface area contributed by atoms with E-state index in [1.165, 1.54) is 5.56 Å². The van der Waals surface area contributed by atoms with Crippen molar-refractivity contribution in [2.24, 2.45) is 11.7 Å². The number of benzene rings is 1. The zero-order valence-electron chi connectivity index (χ0n) is 11.2. The van der Waals surface area contributed by atoms with E-state index in [0.717, 1.165) is 30.2 Å². The molecule has 0 aromatic heterocycles. The molecule has 0 aliphatic heterocycles.